The number of aliphatic carboxylic acids is 2. The van der Waals surface area contributed by atoms with Crippen molar-refractivity contribution in [3.05, 3.63) is 70.9 Å². The van der Waals surface area contributed by atoms with Crippen LogP contribution in [-0.2, 0) is 15.2 Å². The molecule has 2 aromatic rings. The number of carbonyl (C=O) groups excluding carboxylic acids is 1. The number of methoxy groups -OCH3 is 1. The molecule has 5 N–H and O–H groups in total. The summed E-state index contributed by atoms with van der Waals surface area (Å²) in [5, 5.41) is 36.4. The standard InChI is InChI=1S/C31H38N4O7/c1-19-25(28(36)37)27(26(29(38)39)20(2)33-19)21-7-4-9-23(17-21)34-30(40)32-13-6-14-35-15-11-31(41,12-16-35)22-8-5-10-24(18-22)42-3/h4-5,7-10,17-18,25,27,41H,6,11-16H2,1-3H3,(H,36,37)(H,38,39)(H2,32,34,40). The minimum Gasteiger partial charge on any atom is -0.497 e. The van der Waals surface area contributed by atoms with Gasteiger partial charge in [-0.3, -0.25) is 9.79 Å². The number of carbonyl (C=O) groups is 3. The minimum atomic E-state index is -1.23. The number of carboxylic acid groups (broad SMARTS) is 2. The number of benzene rings is 2. The maximum Gasteiger partial charge on any atom is 0.334 e. The van der Waals surface area contributed by atoms with E-state index in [1.165, 1.54) is 0 Å². The number of piperidine rings is 1. The number of allylic oxidation sites excluding steroid dienone is 1. The van der Waals surface area contributed by atoms with Crippen molar-refractivity contribution < 1.29 is 34.4 Å². The lowest BCUT2D eigenvalue weighted by molar-refractivity contribution is -0.140. The Morgan fingerprint density at radius 1 is 1.07 bits per heavy atom. The Morgan fingerprint density at radius 3 is 2.45 bits per heavy atom. The number of hydrogen-bond donors (Lipinski definition) is 5. The summed E-state index contributed by atoms with van der Waals surface area (Å²) in [6.07, 6.45) is 1.94. The predicted molar refractivity (Wildman–Crippen MR) is 158 cm³/mol. The van der Waals surface area contributed by atoms with E-state index >= 15 is 0 Å². The zero-order chi connectivity index (χ0) is 30.4. The van der Waals surface area contributed by atoms with Crippen LogP contribution in [-0.4, -0.2) is 77.2 Å². The molecule has 1 saturated heterocycles. The van der Waals surface area contributed by atoms with Gasteiger partial charge in [0.2, 0.25) is 0 Å². The molecular formula is C31H38N4O7. The van der Waals surface area contributed by atoms with Gasteiger partial charge in [0.15, 0.2) is 0 Å². The molecule has 0 spiro atoms. The van der Waals surface area contributed by atoms with Gasteiger partial charge in [0.1, 0.15) is 11.7 Å². The molecule has 4 rings (SSSR count). The molecule has 0 bridgehead atoms. The van der Waals surface area contributed by atoms with E-state index in [0.29, 0.717) is 36.3 Å². The molecule has 0 radical (unpaired) electrons. The van der Waals surface area contributed by atoms with Crippen LogP contribution in [0, 0.1) is 5.92 Å². The number of ether oxygens (including phenoxy) is 1. The quantitative estimate of drug-likeness (QED) is 0.266. The van der Waals surface area contributed by atoms with Gasteiger partial charge in [-0.15, -0.1) is 0 Å². The van der Waals surface area contributed by atoms with Crippen LogP contribution in [0.3, 0.4) is 0 Å². The van der Waals surface area contributed by atoms with E-state index in [-0.39, 0.29) is 11.3 Å². The van der Waals surface area contributed by atoms with Crippen molar-refractivity contribution in [2.24, 2.45) is 10.9 Å². The predicted octanol–water partition coefficient (Wildman–Crippen LogP) is 3.81. The third-order valence-corrected chi connectivity index (χ3v) is 8.06. The van der Waals surface area contributed by atoms with Crippen molar-refractivity contribution in [3.63, 3.8) is 0 Å². The van der Waals surface area contributed by atoms with E-state index in [1.807, 2.05) is 24.3 Å². The molecule has 224 valence electrons. The Morgan fingerprint density at radius 2 is 1.79 bits per heavy atom. The van der Waals surface area contributed by atoms with Gasteiger partial charge in [-0.05, 0) is 75.0 Å². The molecule has 1 fully saturated rings. The topological polar surface area (TPSA) is 161 Å². The van der Waals surface area contributed by atoms with E-state index in [2.05, 4.69) is 20.5 Å². The average Bonchev–Trinajstić information content (AvgIpc) is 2.95. The van der Waals surface area contributed by atoms with Gasteiger partial charge in [0.25, 0.3) is 0 Å². The number of rotatable bonds is 10. The summed E-state index contributed by atoms with van der Waals surface area (Å²) in [6, 6.07) is 13.7. The zero-order valence-corrected chi connectivity index (χ0v) is 24.1. The fourth-order valence-electron chi connectivity index (χ4n) is 5.83. The largest absolute Gasteiger partial charge is 0.497 e. The molecule has 42 heavy (non-hydrogen) atoms. The maximum atomic E-state index is 12.6. The molecule has 11 heteroatoms. The Hall–Kier alpha value is -4.22. The van der Waals surface area contributed by atoms with Crippen LogP contribution in [0.5, 0.6) is 5.75 Å². The van der Waals surface area contributed by atoms with Crippen LogP contribution >= 0.6 is 0 Å². The number of aliphatic hydroxyl groups is 1. The van der Waals surface area contributed by atoms with E-state index in [9.17, 15) is 29.7 Å². The molecule has 0 aromatic heterocycles. The molecule has 11 nitrogen and oxygen atoms in total. The summed E-state index contributed by atoms with van der Waals surface area (Å²) in [5.41, 5.74) is 1.37. The Bertz CT molecular complexity index is 1400. The number of nitrogens with one attached hydrogen (secondary N) is 2. The summed E-state index contributed by atoms with van der Waals surface area (Å²) >= 11 is 0. The first-order valence-corrected chi connectivity index (χ1v) is 14.0. The van der Waals surface area contributed by atoms with Crippen molar-refractivity contribution in [1.29, 1.82) is 0 Å². The van der Waals surface area contributed by atoms with Crippen molar-refractivity contribution in [3.8, 4) is 5.75 Å². The summed E-state index contributed by atoms with van der Waals surface area (Å²) in [5.74, 6) is -3.75. The number of likely N-dealkylation sites (tertiary alicyclic amines) is 1. The highest BCUT2D eigenvalue weighted by atomic mass is 16.5. The average molecular weight is 579 g/mol. The van der Waals surface area contributed by atoms with Crippen LogP contribution in [0.2, 0.25) is 0 Å². The third-order valence-electron chi connectivity index (χ3n) is 8.06. The molecule has 0 aliphatic carbocycles. The molecule has 2 unspecified atom stereocenters. The lowest BCUT2D eigenvalue weighted by Crippen LogP contribution is -2.43. The number of hydrogen-bond acceptors (Lipinski definition) is 7. The highest BCUT2D eigenvalue weighted by Gasteiger charge is 2.41. The maximum absolute atomic E-state index is 12.6. The smallest absolute Gasteiger partial charge is 0.334 e. The second kappa shape index (κ2) is 13.2. The van der Waals surface area contributed by atoms with Gasteiger partial charge < -0.3 is 35.6 Å². The monoisotopic (exact) mass is 578 g/mol. The van der Waals surface area contributed by atoms with Gasteiger partial charge in [-0.25, -0.2) is 9.59 Å². The molecule has 2 aliphatic heterocycles. The van der Waals surface area contributed by atoms with E-state index in [1.54, 1.807) is 45.2 Å². The molecule has 2 amide bonds. The highest BCUT2D eigenvalue weighted by molar-refractivity contribution is 6.06. The van der Waals surface area contributed by atoms with E-state index in [4.69, 9.17) is 4.74 Å². The molecule has 2 heterocycles. The van der Waals surface area contributed by atoms with Gasteiger partial charge in [-0.2, -0.15) is 0 Å². The van der Waals surface area contributed by atoms with Gasteiger partial charge in [-0.1, -0.05) is 24.3 Å². The Kier molecular flexibility index (Phi) is 9.64. The second-order valence-corrected chi connectivity index (χ2v) is 10.8. The molecular weight excluding hydrogens is 540 g/mol. The van der Waals surface area contributed by atoms with Crippen LogP contribution in [0.15, 0.2) is 64.8 Å². The van der Waals surface area contributed by atoms with Crippen LogP contribution in [0.1, 0.15) is 50.2 Å². The van der Waals surface area contributed by atoms with E-state index < -0.39 is 35.4 Å². The van der Waals surface area contributed by atoms with Crippen molar-refractivity contribution >= 4 is 29.4 Å². The summed E-state index contributed by atoms with van der Waals surface area (Å²) in [7, 11) is 1.61. The van der Waals surface area contributed by atoms with Crippen LogP contribution in [0.4, 0.5) is 10.5 Å². The minimum absolute atomic E-state index is 0.0748. The van der Waals surface area contributed by atoms with Gasteiger partial charge in [0, 0.05) is 42.6 Å². The molecule has 0 saturated carbocycles. The third kappa shape index (κ3) is 6.97. The normalized spacial score (nSPS) is 20.4. The Balaban J connectivity index is 1.29. The fourth-order valence-corrected chi connectivity index (χ4v) is 5.83. The van der Waals surface area contributed by atoms with Crippen LogP contribution in [0.25, 0.3) is 0 Å². The SMILES string of the molecule is COc1cccc(C2(O)CCN(CCCNC(=O)Nc3cccc(C4C(C(=O)O)=C(C)N=C(C)C4C(=O)O)c3)CC2)c1. The zero-order valence-electron chi connectivity index (χ0n) is 24.1. The number of nitrogens with zero attached hydrogens (tertiary/aromatic N) is 2. The first-order valence-electron chi connectivity index (χ1n) is 14.0. The summed E-state index contributed by atoms with van der Waals surface area (Å²) in [6.45, 7) is 5.81. The fraction of sp³-hybridized carbons (Fsp3) is 0.419. The molecule has 2 aliphatic rings. The lowest BCUT2D eigenvalue weighted by Gasteiger charge is -2.38. The molecule has 2 aromatic carbocycles. The number of carboxylic acids is 2. The Labute approximate surface area is 244 Å². The van der Waals surface area contributed by atoms with Crippen molar-refractivity contribution in [2.45, 2.75) is 44.6 Å². The molecule has 2 atom stereocenters. The van der Waals surface area contributed by atoms with Crippen LogP contribution < -0.4 is 15.4 Å². The lowest BCUT2D eigenvalue weighted by atomic mass is 9.75. The van der Waals surface area contributed by atoms with Gasteiger partial charge in [0.05, 0.1) is 18.3 Å². The number of amides is 2. The van der Waals surface area contributed by atoms with Gasteiger partial charge >= 0.3 is 18.0 Å². The second-order valence-electron chi connectivity index (χ2n) is 10.8. The number of urea groups is 1. The first-order chi connectivity index (χ1) is 20.0. The summed E-state index contributed by atoms with van der Waals surface area (Å²) in [4.78, 5) is 43.2. The number of aliphatic imine (C=N–C) groups is 1. The number of anilines is 1. The van der Waals surface area contributed by atoms with E-state index in [0.717, 1.165) is 37.4 Å². The van der Waals surface area contributed by atoms with Crippen molar-refractivity contribution in [1.82, 2.24) is 10.2 Å². The van der Waals surface area contributed by atoms with Crippen molar-refractivity contribution in [2.75, 3.05) is 38.6 Å². The highest BCUT2D eigenvalue weighted by Crippen LogP contribution is 2.40. The summed E-state index contributed by atoms with van der Waals surface area (Å²) < 4.78 is 5.29. The first kappa shape index (κ1) is 30.7.